The summed E-state index contributed by atoms with van der Waals surface area (Å²) in [4.78, 5) is 27.6. The van der Waals surface area contributed by atoms with Gasteiger partial charge in [-0.15, -0.1) is 16.9 Å². The number of halogens is 1. The molecule has 0 atom stereocenters. The molecule has 3 aromatic rings. The Morgan fingerprint density at radius 1 is 1.16 bits per heavy atom. The van der Waals surface area contributed by atoms with Gasteiger partial charge in [-0.2, -0.15) is 0 Å². The molecule has 0 aliphatic carbocycles. The van der Waals surface area contributed by atoms with E-state index in [-0.39, 0.29) is 11.5 Å². The minimum Gasteiger partial charge on any atom is -0.490 e. The van der Waals surface area contributed by atoms with Crippen molar-refractivity contribution in [2.45, 2.75) is 0 Å². The van der Waals surface area contributed by atoms with E-state index in [1.54, 1.807) is 34.0 Å². The van der Waals surface area contributed by atoms with Gasteiger partial charge in [-0.1, -0.05) is 17.7 Å². The van der Waals surface area contributed by atoms with Crippen LogP contribution < -0.4 is 31.6 Å². The third-order valence-electron chi connectivity index (χ3n) is 5.93. The SMILES string of the molecule is O=C(NCC1=CN(c2ccc(-n3ccccc3=O)cc2OCCN2CCOCC2)NN1)c1ccc(Cl)s1. The molecule has 2 aliphatic rings. The molecule has 2 aliphatic heterocycles. The fraction of sp³-hybridized carbons (Fsp3) is 0.280. The molecule has 4 heterocycles. The Morgan fingerprint density at radius 2 is 2.03 bits per heavy atom. The van der Waals surface area contributed by atoms with Crippen LogP contribution in [0.3, 0.4) is 0 Å². The quantitative estimate of drug-likeness (QED) is 0.379. The lowest BCUT2D eigenvalue weighted by Crippen LogP contribution is -2.39. The fourth-order valence-electron chi connectivity index (χ4n) is 3.99. The molecular weight excluding hydrogens is 516 g/mol. The van der Waals surface area contributed by atoms with E-state index in [0.717, 1.165) is 44.2 Å². The summed E-state index contributed by atoms with van der Waals surface area (Å²) in [7, 11) is 0. The first-order chi connectivity index (χ1) is 18.1. The van der Waals surface area contributed by atoms with Gasteiger partial charge in [0, 0.05) is 44.2 Å². The van der Waals surface area contributed by atoms with Crippen LogP contribution in [-0.2, 0) is 4.74 Å². The first-order valence-electron chi connectivity index (χ1n) is 11.9. The van der Waals surface area contributed by atoms with E-state index in [1.807, 2.05) is 30.5 Å². The van der Waals surface area contributed by atoms with Crippen molar-refractivity contribution in [2.75, 3.05) is 51.0 Å². The van der Waals surface area contributed by atoms with Gasteiger partial charge in [0.25, 0.3) is 11.5 Å². The van der Waals surface area contributed by atoms with Crippen LogP contribution >= 0.6 is 22.9 Å². The van der Waals surface area contributed by atoms with Crippen molar-refractivity contribution in [3.05, 3.63) is 86.2 Å². The Bertz CT molecular complexity index is 1340. The number of benzene rings is 1. The summed E-state index contributed by atoms with van der Waals surface area (Å²) < 4.78 is 13.8. The molecule has 0 radical (unpaired) electrons. The average molecular weight is 543 g/mol. The van der Waals surface area contributed by atoms with Crippen LogP contribution in [0.2, 0.25) is 4.34 Å². The topological polar surface area (TPSA) is 100 Å². The first kappa shape index (κ1) is 25.3. The molecular formula is C25H27ClN6O4S. The number of nitrogens with one attached hydrogen (secondary N) is 3. The molecule has 12 heteroatoms. The second-order valence-corrected chi connectivity index (χ2v) is 10.1. The average Bonchev–Trinajstić information content (AvgIpc) is 3.57. The van der Waals surface area contributed by atoms with Gasteiger partial charge in [0.15, 0.2) is 0 Å². The van der Waals surface area contributed by atoms with Crippen molar-refractivity contribution in [3.8, 4) is 11.4 Å². The van der Waals surface area contributed by atoms with Crippen LogP contribution in [0.1, 0.15) is 9.67 Å². The lowest BCUT2D eigenvalue weighted by atomic mass is 10.2. The molecule has 194 valence electrons. The summed E-state index contributed by atoms with van der Waals surface area (Å²) in [5, 5.41) is 4.66. The van der Waals surface area contributed by atoms with Crippen molar-refractivity contribution < 1.29 is 14.3 Å². The Balaban J connectivity index is 1.31. The number of rotatable bonds is 9. The van der Waals surface area contributed by atoms with Crippen LogP contribution in [0.4, 0.5) is 5.69 Å². The van der Waals surface area contributed by atoms with E-state index in [4.69, 9.17) is 21.1 Å². The van der Waals surface area contributed by atoms with Gasteiger partial charge in [-0.3, -0.25) is 24.1 Å². The van der Waals surface area contributed by atoms with Crippen LogP contribution in [0, 0.1) is 0 Å². The molecule has 0 unspecified atom stereocenters. The van der Waals surface area contributed by atoms with Crippen molar-refractivity contribution in [3.63, 3.8) is 0 Å². The zero-order valence-electron chi connectivity index (χ0n) is 20.0. The third-order valence-corrected chi connectivity index (χ3v) is 7.16. The Labute approximate surface area is 223 Å². The summed E-state index contributed by atoms with van der Waals surface area (Å²) in [5.41, 5.74) is 8.26. The van der Waals surface area contributed by atoms with Crippen LogP contribution in [0.15, 0.2) is 71.4 Å². The number of amides is 1. The van der Waals surface area contributed by atoms with E-state index in [2.05, 4.69) is 21.2 Å². The highest BCUT2D eigenvalue weighted by Gasteiger charge is 2.19. The van der Waals surface area contributed by atoms with Crippen molar-refractivity contribution >= 4 is 34.5 Å². The second-order valence-electron chi connectivity index (χ2n) is 8.41. The lowest BCUT2D eigenvalue weighted by molar-refractivity contribution is 0.0323. The van der Waals surface area contributed by atoms with Gasteiger partial charge in [0.2, 0.25) is 0 Å². The van der Waals surface area contributed by atoms with Crippen molar-refractivity contribution in [1.29, 1.82) is 0 Å². The molecule has 0 bridgehead atoms. The number of ether oxygens (including phenoxy) is 2. The molecule has 1 fully saturated rings. The number of hydrogen-bond donors (Lipinski definition) is 3. The maximum absolute atomic E-state index is 12.4. The zero-order valence-corrected chi connectivity index (χ0v) is 21.6. The Hall–Kier alpha value is -3.35. The fourth-order valence-corrected chi connectivity index (χ4v) is 4.95. The largest absolute Gasteiger partial charge is 0.490 e. The summed E-state index contributed by atoms with van der Waals surface area (Å²) in [6.45, 7) is 4.75. The lowest BCUT2D eigenvalue weighted by Gasteiger charge is -2.27. The number of aromatic nitrogens is 1. The molecule has 10 nitrogen and oxygen atoms in total. The molecule has 0 saturated carbocycles. The molecule has 3 N–H and O–H groups in total. The summed E-state index contributed by atoms with van der Waals surface area (Å²) in [6.07, 6.45) is 3.58. The molecule has 0 spiro atoms. The molecule has 1 amide bonds. The van der Waals surface area contributed by atoms with Gasteiger partial charge in [0.05, 0.1) is 40.4 Å². The van der Waals surface area contributed by atoms with E-state index in [1.165, 1.54) is 17.4 Å². The van der Waals surface area contributed by atoms with Gasteiger partial charge in [-0.25, -0.2) is 0 Å². The normalized spacial score (nSPS) is 15.8. The predicted molar refractivity (Wildman–Crippen MR) is 143 cm³/mol. The number of anilines is 1. The first-order valence-corrected chi connectivity index (χ1v) is 13.1. The highest BCUT2D eigenvalue weighted by Crippen LogP contribution is 2.31. The number of nitrogens with zero attached hydrogens (tertiary/aromatic N) is 3. The number of carbonyl (C=O) groups excluding carboxylic acids is 1. The number of hydrazine groups is 2. The summed E-state index contributed by atoms with van der Waals surface area (Å²) in [5.74, 6) is 0.424. The molecule has 1 aromatic carbocycles. The zero-order chi connectivity index (χ0) is 25.6. The second kappa shape index (κ2) is 11.8. The molecule has 1 saturated heterocycles. The third kappa shape index (κ3) is 6.32. The van der Waals surface area contributed by atoms with Crippen molar-refractivity contribution in [2.24, 2.45) is 0 Å². The maximum atomic E-state index is 12.4. The highest BCUT2D eigenvalue weighted by molar-refractivity contribution is 7.18. The Morgan fingerprint density at radius 3 is 2.81 bits per heavy atom. The molecule has 37 heavy (non-hydrogen) atoms. The maximum Gasteiger partial charge on any atom is 0.261 e. The number of thiophene rings is 1. The summed E-state index contributed by atoms with van der Waals surface area (Å²) >= 11 is 7.16. The Kier molecular flexibility index (Phi) is 8.07. The monoisotopic (exact) mass is 542 g/mol. The van der Waals surface area contributed by atoms with Gasteiger partial charge < -0.3 is 20.2 Å². The van der Waals surface area contributed by atoms with E-state index in [0.29, 0.717) is 33.8 Å². The van der Waals surface area contributed by atoms with Gasteiger partial charge in [-0.05, 0) is 30.3 Å². The minimum absolute atomic E-state index is 0.125. The van der Waals surface area contributed by atoms with Gasteiger partial charge in [0.1, 0.15) is 18.0 Å². The number of hydrogen-bond acceptors (Lipinski definition) is 9. The standard InChI is InChI=1S/C25H27ClN6O4S/c26-23-7-6-22(37-23)25(34)27-16-18-17-32(29-28-18)20-5-4-19(31-8-2-1-3-24(31)33)15-21(20)36-14-11-30-9-12-35-13-10-30/h1-8,15,17,28-29H,9-14,16H2,(H,27,34). The number of pyridine rings is 1. The van der Waals surface area contributed by atoms with Crippen LogP contribution in [0.25, 0.3) is 5.69 Å². The van der Waals surface area contributed by atoms with Gasteiger partial charge >= 0.3 is 0 Å². The molecule has 2 aromatic heterocycles. The smallest absolute Gasteiger partial charge is 0.261 e. The number of morpholine rings is 1. The predicted octanol–water partition coefficient (Wildman–Crippen LogP) is 2.36. The van der Waals surface area contributed by atoms with E-state index >= 15 is 0 Å². The number of carbonyl (C=O) groups is 1. The van der Waals surface area contributed by atoms with Crippen LogP contribution in [-0.4, -0.2) is 61.4 Å². The van der Waals surface area contributed by atoms with Crippen LogP contribution in [0.5, 0.6) is 5.75 Å². The van der Waals surface area contributed by atoms with Crippen molar-refractivity contribution in [1.82, 2.24) is 25.7 Å². The minimum atomic E-state index is -0.192. The van der Waals surface area contributed by atoms with E-state index in [9.17, 15) is 9.59 Å². The molecule has 5 rings (SSSR count). The van der Waals surface area contributed by atoms with E-state index < -0.39 is 0 Å². The highest BCUT2D eigenvalue weighted by atomic mass is 35.5. The summed E-state index contributed by atoms with van der Waals surface area (Å²) in [6, 6.07) is 14.0.